The quantitative estimate of drug-likeness (QED) is 0.643. The van der Waals surface area contributed by atoms with Gasteiger partial charge in [-0.1, -0.05) is 6.07 Å². The maximum absolute atomic E-state index is 12.8. The SMILES string of the molecule is CCOc1cc(C(=O)NC2CCCc3occc32)ccc1OCc1cccnc1. The number of pyridine rings is 1. The minimum atomic E-state index is -0.135. The Morgan fingerprint density at radius 3 is 3.00 bits per heavy atom. The van der Waals surface area contributed by atoms with Gasteiger partial charge in [0.05, 0.1) is 18.9 Å². The molecule has 1 amide bonds. The lowest BCUT2D eigenvalue weighted by molar-refractivity contribution is 0.0931. The third kappa shape index (κ3) is 4.42. The van der Waals surface area contributed by atoms with Gasteiger partial charge in [0.15, 0.2) is 11.5 Å². The number of amides is 1. The maximum atomic E-state index is 12.8. The van der Waals surface area contributed by atoms with Crippen LogP contribution in [0.25, 0.3) is 0 Å². The average Bonchev–Trinajstić information content (AvgIpc) is 3.24. The van der Waals surface area contributed by atoms with E-state index in [1.807, 2.05) is 25.1 Å². The molecule has 0 bridgehead atoms. The predicted molar refractivity (Wildman–Crippen MR) is 108 cm³/mol. The summed E-state index contributed by atoms with van der Waals surface area (Å²) in [4.78, 5) is 16.9. The van der Waals surface area contributed by atoms with E-state index in [4.69, 9.17) is 13.9 Å². The van der Waals surface area contributed by atoms with E-state index in [1.54, 1.807) is 36.9 Å². The van der Waals surface area contributed by atoms with Gasteiger partial charge in [-0.25, -0.2) is 0 Å². The standard InChI is InChI=1S/C23H24N2O4/c1-2-27-22-13-17(8-9-21(22)29-15-16-5-4-11-24-14-16)23(26)25-19-6-3-7-20-18(19)10-12-28-20/h4-5,8-14,19H,2-3,6-7,15H2,1H3,(H,25,26). The van der Waals surface area contributed by atoms with Gasteiger partial charge in [-0.3, -0.25) is 9.78 Å². The molecule has 2 aromatic heterocycles. The third-order valence-electron chi connectivity index (χ3n) is 4.98. The van der Waals surface area contributed by atoms with Crippen molar-refractivity contribution in [1.82, 2.24) is 10.3 Å². The molecule has 1 aliphatic carbocycles. The summed E-state index contributed by atoms with van der Waals surface area (Å²) in [7, 11) is 0. The normalized spacial score (nSPS) is 15.4. The molecule has 0 fully saturated rings. The molecular formula is C23H24N2O4. The first-order valence-electron chi connectivity index (χ1n) is 9.90. The second kappa shape index (κ2) is 8.82. The first-order chi connectivity index (χ1) is 14.2. The zero-order valence-corrected chi connectivity index (χ0v) is 16.4. The van der Waals surface area contributed by atoms with E-state index in [2.05, 4.69) is 10.3 Å². The van der Waals surface area contributed by atoms with Crippen molar-refractivity contribution in [2.45, 2.75) is 38.8 Å². The number of benzene rings is 1. The summed E-state index contributed by atoms with van der Waals surface area (Å²) < 4.78 is 17.1. The van der Waals surface area contributed by atoms with Crippen LogP contribution < -0.4 is 14.8 Å². The van der Waals surface area contributed by atoms with Gasteiger partial charge in [-0.15, -0.1) is 0 Å². The first-order valence-corrected chi connectivity index (χ1v) is 9.90. The average molecular weight is 392 g/mol. The van der Waals surface area contributed by atoms with Gasteiger partial charge in [0, 0.05) is 35.5 Å². The Balaban J connectivity index is 1.48. The van der Waals surface area contributed by atoms with Crippen LogP contribution in [0.15, 0.2) is 59.5 Å². The van der Waals surface area contributed by atoms with E-state index in [1.165, 1.54) is 0 Å². The molecule has 29 heavy (non-hydrogen) atoms. The van der Waals surface area contributed by atoms with Crippen LogP contribution in [-0.2, 0) is 13.0 Å². The van der Waals surface area contributed by atoms with E-state index in [0.29, 0.717) is 30.3 Å². The molecule has 0 saturated heterocycles. The number of rotatable bonds is 7. The molecule has 0 radical (unpaired) electrons. The van der Waals surface area contributed by atoms with Crippen molar-refractivity contribution in [3.8, 4) is 11.5 Å². The molecule has 0 spiro atoms. The van der Waals surface area contributed by atoms with Crippen LogP contribution in [0.3, 0.4) is 0 Å². The van der Waals surface area contributed by atoms with E-state index in [-0.39, 0.29) is 11.9 Å². The molecule has 1 atom stereocenters. The number of carbonyl (C=O) groups is 1. The summed E-state index contributed by atoms with van der Waals surface area (Å²) in [5.74, 6) is 1.98. The summed E-state index contributed by atoms with van der Waals surface area (Å²) in [5.41, 5.74) is 2.58. The van der Waals surface area contributed by atoms with Crippen LogP contribution >= 0.6 is 0 Å². The van der Waals surface area contributed by atoms with Crippen LogP contribution in [0, 0.1) is 0 Å². The van der Waals surface area contributed by atoms with Crippen LogP contribution in [0.4, 0.5) is 0 Å². The molecule has 6 nitrogen and oxygen atoms in total. The maximum Gasteiger partial charge on any atom is 0.251 e. The molecule has 0 aliphatic heterocycles. The molecule has 4 rings (SSSR count). The van der Waals surface area contributed by atoms with Gasteiger partial charge in [0.2, 0.25) is 0 Å². The number of hydrogen-bond acceptors (Lipinski definition) is 5. The predicted octanol–water partition coefficient (Wildman–Crippen LogP) is 4.46. The number of nitrogens with one attached hydrogen (secondary N) is 1. The van der Waals surface area contributed by atoms with Gasteiger partial charge in [0.25, 0.3) is 5.91 Å². The number of fused-ring (bicyclic) bond motifs is 1. The van der Waals surface area contributed by atoms with Gasteiger partial charge in [-0.05, 0) is 50.1 Å². The topological polar surface area (TPSA) is 73.6 Å². The molecule has 150 valence electrons. The Morgan fingerprint density at radius 1 is 1.24 bits per heavy atom. The smallest absolute Gasteiger partial charge is 0.251 e. The van der Waals surface area contributed by atoms with Gasteiger partial charge in [0.1, 0.15) is 12.4 Å². The zero-order valence-electron chi connectivity index (χ0n) is 16.4. The number of ether oxygens (including phenoxy) is 2. The summed E-state index contributed by atoms with van der Waals surface area (Å²) in [6, 6.07) is 11.0. The van der Waals surface area contributed by atoms with Crippen LogP contribution in [0.5, 0.6) is 11.5 Å². The van der Waals surface area contributed by atoms with Crippen LogP contribution in [-0.4, -0.2) is 17.5 Å². The highest BCUT2D eigenvalue weighted by Crippen LogP contribution is 2.32. The highest BCUT2D eigenvalue weighted by atomic mass is 16.5. The van der Waals surface area contributed by atoms with E-state index in [0.717, 1.165) is 36.1 Å². The lowest BCUT2D eigenvalue weighted by atomic mass is 9.93. The molecular weight excluding hydrogens is 368 g/mol. The third-order valence-corrected chi connectivity index (χ3v) is 4.98. The first kappa shape index (κ1) is 19.1. The van der Waals surface area contributed by atoms with E-state index < -0.39 is 0 Å². The fraction of sp³-hybridized carbons (Fsp3) is 0.304. The van der Waals surface area contributed by atoms with E-state index >= 15 is 0 Å². The van der Waals surface area contributed by atoms with Crippen LogP contribution in [0.1, 0.15) is 53.1 Å². The van der Waals surface area contributed by atoms with Crippen molar-refractivity contribution in [3.63, 3.8) is 0 Å². The molecule has 1 N–H and O–H groups in total. The Labute approximate surface area is 169 Å². The molecule has 0 saturated carbocycles. The van der Waals surface area contributed by atoms with Crippen molar-refractivity contribution >= 4 is 5.91 Å². The van der Waals surface area contributed by atoms with Crippen LogP contribution in [0.2, 0.25) is 0 Å². The highest BCUT2D eigenvalue weighted by molar-refractivity contribution is 5.95. The number of aromatic nitrogens is 1. The van der Waals surface area contributed by atoms with Gasteiger partial charge in [-0.2, -0.15) is 0 Å². The van der Waals surface area contributed by atoms with Crippen molar-refractivity contribution < 1.29 is 18.7 Å². The van der Waals surface area contributed by atoms with Crippen molar-refractivity contribution in [2.75, 3.05) is 6.61 Å². The summed E-state index contributed by atoms with van der Waals surface area (Å²) in [6.07, 6.45) is 8.00. The molecule has 1 aliphatic rings. The number of nitrogens with zero attached hydrogens (tertiary/aromatic N) is 1. The monoisotopic (exact) mass is 392 g/mol. The van der Waals surface area contributed by atoms with E-state index in [9.17, 15) is 4.79 Å². The molecule has 1 aromatic carbocycles. The molecule has 1 unspecified atom stereocenters. The van der Waals surface area contributed by atoms with Crippen molar-refractivity contribution in [2.24, 2.45) is 0 Å². The fourth-order valence-corrected chi connectivity index (χ4v) is 3.56. The van der Waals surface area contributed by atoms with Crippen molar-refractivity contribution in [3.05, 3.63) is 77.5 Å². The van der Waals surface area contributed by atoms with Gasteiger partial charge >= 0.3 is 0 Å². The summed E-state index contributed by atoms with van der Waals surface area (Å²) in [5, 5.41) is 3.12. The van der Waals surface area contributed by atoms with Gasteiger partial charge < -0.3 is 19.2 Å². The Hall–Kier alpha value is -3.28. The summed E-state index contributed by atoms with van der Waals surface area (Å²) in [6.45, 7) is 2.76. The lowest BCUT2D eigenvalue weighted by Crippen LogP contribution is -2.30. The second-order valence-electron chi connectivity index (χ2n) is 6.96. The number of hydrogen-bond donors (Lipinski definition) is 1. The molecule has 6 heteroatoms. The Kier molecular flexibility index (Phi) is 5.79. The zero-order chi connectivity index (χ0) is 20.1. The number of furan rings is 1. The minimum Gasteiger partial charge on any atom is -0.490 e. The number of aryl methyl sites for hydroxylation is 1. The minimum absolute atomic E-state index is 0.0259. The Morgan fingerprint density at radius 2 is 2.17 bits per heavy atom. The highest BCUT2D eigenvalue weighted by Gasteiger charge is 2.24. The summed E-state index contributed by atoms with van der Waals surface area (Å²) >= 11 is 0. The fourth-order valence-electron chi connectivity index (χ4n) is 3.56. The molecule has 2 heterocycles. The second-order valence-corrected chi connectivity index (χ2v) is 6.96. The largest absolute Gasteiger partial charge is 0.490 e. The lowest BCUT2D eigenvalue weighted by Gasteiger charge is -2.23. The molecule has 3 aromatic rings. The Bertz CT molecular complexity index is 968. The number of carbonyl (C=O) groups excluding carboxylic acids is 1. The van der Waals surface area contributed by atoms with Crippen molar-refractivity contribution in [1.29, 1.82) is 0 Å².